The van der Waals surface area contributed by atoms with Gasteiger partial charge in [0.15, 0.2) is 11.5 Å². The van der Waals surface area contributed by atoms with Gasteiger partial charge < -0.3 is 24.6 Å². The van der Waals surface area contributed by atoms with E-state index in [4.69, 9.17) is 19.3 Å². The number of amides is 1. The number of aromatic carboxylic acids is 1. The number of aromatic nitrogens is 1. The number of alkyl halides is 3. The van der Waals surface area contributed by atoms with Crippen molar-refractivity contribution < 1.29 is 42.1 Å². The monoisotopic (exact) mass is 462 g/mol. The van der Waals surface area contributed by atoms with E-state index in [-0.39, 0.29) is 28.6 Å². The predicted octanol–water partition coefficient (Wildman–Crippen LogP) is 4.86. The van der Waals surface area contributed by atoms with Crippen molar-refractivity contribution in [3.63, 3.8) is 0 Å². The quantitative estimate of drug-likeness (QED) is 0.516. The molecule has 11 heteroatoms. The van der Waals surface area contributed by atoms with Gasteiger partial charge in [-0.05, 0) is 42.5 Å². The van der Waals surface area contributed by atoms with Crippen LogP contribution >= 0.6 is 0 Å². The van der Waals surface area contributed by atoms with Crippen LogP contribution in [0.3, 0.4) is 0 Å². The van der Waals surface area contributed by atoms with Gasteiger partial charge in [-0.3, -0.25) is 4.79 Å². The minimum atomic E-state index is -4.70. The van der Waals surface area contributed by atoms with Crippen molar-refractivity contribution in [1.29, 1.82) is 0 Å². The Hall–Kier alpha value is -4.28. The second-order valence-corrected chi connectivity index (χ2v) is 6.52. The fourth-order valence-corrected chi connectivity index (χ4v) is 2.74. The van der Waals surface area contributed by atoms with Crippen LogP contribution in [-0.4, -0.2) is 36.2 Å². The third-order valence-corrected chi connectivity index (χ3v) is 4.38. The fraction of sp³-hybridized carbons (Fsp3) is 0.136. The van der Waals surface area contributed by atoms with E-state index >= 15 is 0 Å². The summed E-state index contributed by atoms with van der Waals surface area (Å²) in [4.78, 5) is 27.4. The maximum absolute atomic E-state index is 13.3. The molecule has 33 heavy (non-hydrogen) atoms. The number of carboxylic acids is 1. The summed E-state index contributed by atoms with van der Waals surface area (Å²) in [5.41, 5.74) is -1.65. The van der Waals surface area contributed by atoms with Crippen molar-refractivity contribution in [1.82, 2.24) is 4.98 Å². The number of anilines is 1. The van der Waals surface area contributed by atoms with Gasteiger partial charge in [0, 0.05) is 6.07 Å². The lowest BCUT2D eigenvalue weighted by Crippen LogP contribution is -2.15. The van der Waals surface area contributed by atoms with E-state index in [1.165, 1.54) is 32.4 Å². The molecule has 0 bridgehead atoms. The first kappa shape index (κ1) is 23.4. The Kier molecular flexibility index (Phi) is 6.71. The normalized spacial score (nSPS) is 10.9. The molecule has 0 aliphatic rings. The topological polar surface area (TPSA) is 107 Å². The predicted molar refractivity (Wildman–Crippen MR) is 110 cm³/mol. The Morgan fingerprint density at radius 1 is 0.939 bits per heavy atom. The Labute approximate surface area is 185 Å². The highest BCUT2D eigenvalue weighted by molar-refractivity contribution is 6.06. The van der Waals surface area contributed by atoms with Crippen molar-refractivity contribution in [2.24, 2.45) is 0 Å². The van der Waals surface area contributed by atoms with Gasteiger partial charge in [0.05, 0.1) is 37.2 Å². The van der Waals surface area contributed by atoms with Gasteiger partial charge in [0.2, 0.25) is 0 Å². The van der Waals surface area contributed by atoms with Crippen molar-refractivity contribution >= 4 is 17.6 Å². The lowest BCUT2D eigenvalue weighted by molar-refractivity contribution is -0.137. The standard InChI is InChI=1S/C22H17F3N2O6/c1-31-14-5-8-18(19(10-14)32-2)33-17-7-3-12(22(23,24)25)9-15(17)20(28)27-13-4-6-16(21(29)30)26-11-13/h3-11H,1-2H3,(H,27,28)(H,29,30). The Bertz CT molecular complexity index is 1180. The lowest BCUT2D eigenvalue weighted by atomic mass is 10.1. The molecule has 2 N–H and O–H groups in total. The molecule has 0 saturated heterocycles. The average Bonchev–Trinajstić information content (AvgIpc) is 2.79. The van der Waals surface area contributed by atoms with Gasteiger partial charge in [-0.1, -0.05) is 0 Å². The second kappa shape index (κ2) is 9.47. The summed E-state index contributed by atoms with van der Waals surface area (Å²) in [5.74, 6) is -1.53. The van der Waals surface area contributed by atoms with Gasteiger partial charge in [-0.25, -0.2) is 9.78 Å². The number of benzene rings is 2. The Balaban J connectivity index is 1.98. The molecule has 1 amide bonds. The van der Waals surface area contributed by atoms with Gasteiger partial charge in [-0.15, -0.1) is 0 Å². The molecule has 0 radical (unpaired) electrons. The number of carbonyl (C=O) groups is 2. The molecule has 1 aromatic heterocycles. The SMILES string of the molecule is COc1ccc(Oc2ccc(C(F)(F)F)cc2C(=O)Nc2ccc(C(=O)O)nc2)c(OC)c1. The van der Waals surface area contributed by atoms with Gasteiger partial charge in [-0.2, -0.15) is 13.2 Å². The molecule has 0 aliphatic carbocycles. The number of halogens is 3. The molecule has 0 fully saturated rings. The summed E-state index contributed by atoms with van der Waals surface area (Å²) in [7, 11) is 2.82. The first-order valence-corrected chi connectivity index (χ1v) is 9.24. The molecular formula is C22H17F3N2O6. The summed E-state index contributed by atoms with van der Waals surface area (Å²) in [5, 5.41) is 11.3. The number of pyridine rings is 1. The minimum absolute atomic E-state index is 0.0791. The molecule has 0 spiro atoms. The van der Waals surface area contributed by atoms with E-state index in [0.29, 0.717) is 11.8 Å². The van der Waals surface area contributed by atoms with Gasteiger partial charge >= 0.3 is 12.1 Å². The summed E-state index contributed by atoms with van der Waals surface area (Å²) in [6.45, 7) is 0. The highest BCUT2D eigenvalue weighted by atomic mass is 19.4. The molecule has 0 atom stereocenters. The molecule has 0 unspecified atom stereocenters. The van der Waals surface area contributed by atoms with Crippen LogP contribution in [0.5, 0.6) is 23.0 Å². The Morgan fingerprint density at radius 3 is 2.24 bits per heavy atom. The number of carbonyl (C=O) groups excluding carboxylic acids is 1. The zero-order valence-electron chi connectivity index (χ0n) is 17.3. The number of hydrogen-bond acceptors (Lipinski definition) is 6. The van der Waals surface area contributed by atoms with Crippen LogP contribution in [0.4, 0.5) is 18.9 Å². The number of methoxy groups -OCH3 is 2. The molecule has 0 saturated carbocycles. The molecule has 0 aliphatic heterocycles. The lowest BCUT2D eigenvalue weighted by Gasteiger charge is -2.16. The molecular weight excluding hydrogens is 445 g/mol. The zero-order chi connectivity index (χ0) is 24.2. The third kappa shape index (κ3) is 5.50. The highest BCUT2D eigenvalue weighted by Crippen LogP contribution is 2.38. The minimum Gasteiger partial charge on any atom is -0.497 e. The van der Waals surface area contributed by atoms with Crippen LogP contribution in [0.2, 0.25) is 0 Å². The molecule has 1 heterocycles. The van der Waals surface area contributed by atoms with Crippen LogP contribution in [-0.2, 0) is 6.18 Å². The Morgan fingerprint density at radius 2 is 1.67 bits per heavy atom. The summed E-state index contributed by atoms with van der Waals surface area (Å²) in [6, 6.07) is 9.40. The van der Waals surface area contributed by atoms with Crippen LogP contribution in [0, 0.1) is 0 Å². The molecule has 172 valence electrons. The molecule has 2 aromatic carbocycles. The van der Waals surface area contributed by atoms with Crippen LogP contribution in [0.15, 0.2) is 54.7 Å². The molecule has 3 aromatic rings. The number of ether oxygens (including phenoxy) is 3. The van der Waals surface area contributed by atoms with Crippen molar-refractivity contribution in [3.8, 4) is 23.0 Å². The van der Waals surface area contributed by atoms with E-state index in [9.17, 15) is 22.8 Å². The number of carboxylic acid groups (broad SMARTS) is 1. The smallest absolute Gasteiger partial charge is 0.416 e. The van der Waals surface area contributed by atoms with Crippen LogP contribution < -0.4 is 19.5 Å². The largest absolute Gasteiger partial charge is 0.497 e. The molecule has 8 nitrogen and oxygen atoms in total. The fourth-order valence-electron chi connectivity index (χ4n) is 2.74. The van der Waals surface area contributed by atoms with Gasteiger partial charge in [0.1, 0.15) is 17.2 Å². The van der Waals surface area contributed by atoms with Crippen molar-refractivity contribution in [2.45, 2.75) is 6.18 Å². The number of nitrogens with zero attached hydrogens (tertiary/aromatic N) is 1. The average molecular weight is 462 g/mol. The maximum atomic E-state index is 13.3. The first-order chi connectivity index (χ1) is 15.6. The zero-order valence-corrected chi connectivity index (χ0v) is 17.3. The third-order valence-electron chi connectivity index (χ3n) is 4.38. The second-order valence-electron chi connectivity index (χ2n) is 6.52. The number of hydrogen-bond donors (Lipinski definition) is 2. The number of nitrogens with one attached hydrogen (secondary N) is 1. The van der Waals surface area contributed by atoms with E-state index in [1.54, 1.807) is 6.07 Å². The van der Waals surface area contributed by atoms with Crippen molar-refractivity contribution in [2.75, 3.05) is 19.5 Å². The molecule has 3 rings (SSSR count). The first-order valence-electron chi connectivity index (χ1n) is 9.24. The summed E-state index contributed by atoms with van der Waals surface area (Å²) < 4.78 is 55.8. The maximum Gasteiger partial charge on any atom is 0.416 e. The highest BCUT2D eigenvalue weighted by Gasteiger charge is 2.32. The summed E-state index contributed by atoms with van der Waals surface area (Å²) in [6.07, 6.45) is -3.63. The van der Waals surface area contributed by atoms with Crippen LogP contribution in [0.25, 0.3) is 0 Å². The van der Waals surface area contributed by atoms with Gasteiger partial charge in [0.25, 0.3) is 5.91 Å². The summed E-state index contributed by atoms with van der Waals surface area (Å²) >= 11 is 0. The van der Waals surface area contributed by atoms with E-state index in [1.807, 2.05) is 0 Å². The van der Waals surface area contributed by atoms with E-state index in [2.05, 4.69) is 10.3 Å². The van der Waals surface area contributed by atoms with E-state index in [0.717, 1.165) is 24.4 Å². The van der Waals surface area contributed by atoms with Crippen molar-refractivity contribution in [3.05, 3.63) is 71.5 Å². The van der Waals surface area contributed by atoms with E-state index < -0.39 is 29.2 Å². The number of rotatable bonds is 7. The van der Waals surface area contributed by atoms with Crippen LogP contribution in [0.1, 0.15) is 26.4 Å².